The first-order valence-electron chi connectivity index (χ1n) is 13.1. The molecule has 1 aliphatic rings. The van der Waals surface area contributed by atoms with Gasteiger partial charge in [0.15, 0.2) is 0 Å². The number of likely N-dealkylation sites (N-methyl/N-ethyl adjacent to an activating group) is 1. The predicted octanol–water partition coefficient (Wildman–Crippen LogP) is 3.11. The Kier molecular flexibility index (Phi) is 8.59. The number of hydrogen-bond acceptors (Lipinski definition) is 11. The summed E-state index contributed by atoms with van der Waals surface area (Å²) in [6.45, 7) is 5.47. The fraction of sp³-hybridized carbons (Fsp3) is 0.296. The van der Waals surface area contributed by atoms with E-state index in [9.17, 15) is 19.7 Å². The average Bonchev–Trinajstić information content (AvgIpc) is 3.46. The Morgan fingerprint density at radius 3 is 2.76 bits per heavy atom. The number of anilines is 1. The maximum Gasteiger partial charge on any atom is 0.277 e. The van der Waals surface area contributed by atoms with Crippen molar-refractivity contribution >= 4 is 46.2 Å². The van der Waals surface area contributed by atoms with Crippen molar-refractivity contribution in [3.05, 3.63) is 74.3 Å². The van der Waals surface area contributed by atoms with Crippen molar-refractivity contribution in [3.63, 3.8) is 0 Å². The van der Waals surface area contributed by atoms with Crippen molar-refractivity contribution in [2.24, 2.45) is 5.10 Å². The van der Waals surface area contributed by atoms with Gasteiger partial charge in [-0.2, -0.15) is 5.10 Å². The van der Waals surface area contributed by atoms with Crippen LogP contribution < -0.4 is 15.8 Å². The molecule has 0 atom stereocenters. The van der Waals surface area contributed by atoms with Crippen LogP contribution in [0.1, 0.15) is 12.5 Å². The summed E-state index contributed by atoms with van der Waals surface area (Å²) < 4.78 is 22.7. The monoisotopic (exact) mass is 594 g/mol. The van der Waals surface area contributed by atoms with Crippen LogP contribution in [0.5, 0.6) is 0 Å². The lowest BCUT2D eigenvalue weighted by Crippen LogP contribution is -2.44. The second kappa shape index (κ2) is 12.5. The maximum atomic E-state index is 15.2. The fourth-order valence-corrected chi connectivity index (χ4v) is 5.09. The van der Waals surface area contributed by atoms with Crippen LogP contribution in [0.15, 0.2) is 62.1 Å². The van der Waals surface area contributed by atoms with Crippen molar-refractivity contribution in [1.29, 1.82) is 0 Å². The van der Waals surface area contributed by atoms with Gasteiger partial charge in [0.2, 0.25) is 5.43 Å². The lowest BCUT2D eigenvalue weighted by atomic mass is 10.1. The highest BCUT2D eigenvalue weighted by Crippen LogP contribution is 2.28. The van der Waals surface area contributed by atoms with Gasteiger partial charge in [0.1, 0.15) is 11.4 Å². The molecule has 4 aromatic rings. The number of thioether (sulfide) groups is 1. The number of nitro benzene ring substituents is 1. The summed E-state index contributed by atoms with van der Waals surface area (Å²) in [5.74, 6) is -1.11. The minimum atomic E-state index is -0.524. The predicted molar refractivity (Wildman–Crippen MR) is 156 cm³/mol. The number of fused-ring (bicyclic) bond motifs is 1. The van der Waals surface area contributed by atoms with Gasteiger partial charge in [-0.05, 0) is 26.1 Å². The van der Waals surface area contributed by atoms with E-state index >= 15 is 4.39 Å². The Hall–Kier alpha value is -4.63. The molecule has 5 rings (SSSR count). The molecule has 1 fully saturated rings. The number of piperazine rings is 1. The first-order valence-corrected chi connectivity index (χ1v) is 14.0. The Labute approximate surface area is 243 Å². The van der Waals surface area contributed by atoms with Crippen LogP contribution in [-0.4, -0.2) is 75.7 Å². The van der Waals surface area contributed by atoms with Gasteiger partial charge in [-0.1, -0.05) is 23.9 Å². The number of aryl methyl sites for hydroxylation is 1. The Bertz CT molecular complexity index is 1730. The molecule has 1 amide bonds. The van der Waals surface area contributed by atoms with Gasteiger partial charge in [0.05, 0.1) is 28.1 Å². The largest absolute Gasteiger partial charge is 0.411 e. The van der Waals surface area contributed by atoms with Crippen molar-refractivity contribution in [2.45, 2.75) is 18.7 Å². The summed E-state index contributed by atoms with van der Waals surface area (Å²) in [6, 6.07) is 8.79. The Morgan fingerprint density at radius 1 is 1.24 bits per heavy atom. The third-order valence-electron chi connectivity index (χ3n) is 6.78. The molecule has 0 unspecified atom stereocenters. The molecule has 0 bridgehead atoms. The number of hydrazone groups is 1. The number of rotatable bonds is 9. The van der Waals surface area contributed by atoms with Gasteiger partial charge >= 0.3 is 0 Å². The number of benzene rings is 2. The molecule has 2 aromatic carbocycles. The zero-order valence-corrected chi connectivity index (χ0v) is 23.6. The van der Waals surface area contributed by atoms with Crippen molar-refractivity contribution in [2.75, 3.05) is 43.9 Å². The number of nitro groups is 1. The lowest BCUT2D eigenvalue weighted by Gasteiger charge is -2.34. The maximum absolute atomic E-state index is 15.2. The van der Waals surface area contributed by atoms with Crippen LogP contribution >= 0.6 is 11.8 Å². The molecule has 0 radical (unpaired) electrons. The second-order valence-corrected chi connectivity index (χ2v) is 10.5. The number of hydrogen-bond donors (Lipinski definition) is 1. The molecule has 42 heavy (non-hydrogen) atoms. The third kappa shape index (κ3) is 6.31. The van der Waals surface area contributed by atoms with E-state index < -0.39 is 22.1 Å². The van der Waals surface area contributed by atoms with Gasteiger partial charge in [-0.15, -0.1) is 10.2 Å². The number of pyridine rings is 1. The molecular weight excluding hydrogens is 567 g/mol. The molecule has 0 aliphatic carbocycles. The Balaban J connectivity index is 1.29. The molecule has 2 aromatic heterocycles. The van der Waals surface area contributed by atoms with Crippen LogP contribution in [0.2, 0.25) is 0 Å². The number of nitrogens with one attached hydrogen (secondary N) is 1. The van der Waals surface area contributed by atoms with Crippen molar-refractivity contribution < 1.29 is 18.5 Å². The highest BCUT2D eigenvalue weighted by atomic mass is 32.2. The summed E-state index contributed by atoms with van der Waals surface area (Å²) in [6.07, 6.45) is 2.91. The summed E-state index contributed by atoms with van der Waals surface area (Å²) in [5, 5.41) is 22.9. The zero-order valence-electron chi connectivity index (χ0n) is 22.8. The van der Waals surface area contributed by atoms with Gasteiger partial charge < -0.3 is 18.8 Å². The zero-order chi connectivity index (χ0) is 29.8. The van der Waals surface area contributed by atoms with E-state index in [2.05, 4.69) is 25.6 Å². The summed E-state index contributed by atoms with van der Waals surface area (Å²) in [4.78, 5) is 40.1. The number of halogens is 1. The van der Waals surface area contributed by atoms with Gasteiger partial charge in [0.25, 0.3) is 22.7 Å². The smallest absolute Gasteiger partial charge is 0.277 e. The standard InChI is InChI=1S/C27H27FN8O5S/c1-3-34-15-20(25(38)19-12-21(28)23(13-22(19)34)35-9-7-33(2)8-10-35)26-31-32-27(41-26)42-16-24(37)30-29-14-17-5-4-6-18(11-17)36(39)40/h4-6,11-15H,3,7-10,16H2,1-2H3,(H,30,37)/b29-14+. The van der Waals surface area contributed by atoms with Gasteiger partial charge in [-0.25, -0.2) is 9.82 Å². The van der Waals surface area contributed by atoms with Gasteiger partial charge in [0, 0.05) is 62.0 Å². The Morgan fingerprint density at radius 2 is 2.02 bits per heavy atom. The molecule has 1 N–H and O–H groups in total. The topological polar surface area (TPSA) is 152 Å². The molecule has 15 heteroatoms. The lowest BCUT2D eigenvalue weighted by molar-refractivity contribution is -0.384. The minimum absolute atomic E-state index is 0.0424. The minimum Gasteiger partial charge on any atom is -0.411 e. The molecule has 0 saturated carbocycles. The number of non-ortho nitro benzene ring substituents is 1. The molecule has 0 spiro atoms. The number of nitrogens with zero attached hydrogens (tertiary/aromatic N) is 7. The highest BCUT2D eigenvalue weighted by molar-refractivity contribution is 7.99. The van der Waals surface area contributed by atoms with Crippen LogP contribution in [-0.2, 0) is 11.3 Å². The molecule has 13 nitrogen and oxygen atoms in total. The summed E-state index contributed by atoms with van der Waals surface area (Å²) in [5.41, 5.74) is 3.44. The number of amides is 1. The first kappa shape index (κ1) is 28.9. The normalized spacial score (nSPS) is 14.1. The van der Waals surface area contributed by atoms with Gasteiger partial charge in [-0.3, -0.25) is 19.7 Å². The molecule has 218 valence electrons. The van der Waals surface area contributed by atoms with E-state index in [1.807, 2.05) is 23.4 Å². The number of carbonyl (C=O) groups excluding carboxylic acids is 1. The third-order valence-corrected chi connectivity index (χ3v) is 7.60. The van der Waals surface area contributed by atoms with E-state index in [0.29, 0.717) is 36.4 Å². The highest BCUT2D eigenvalue weighted by Gasteiger charge is 2.22. The van der Waals surface area contributed by atoms with Crippen molar-refractivity contribution in [1.82, 2.24) is 25.1 Å². The SMILES string of the molecule is CCn1cc(-c2nnc(SCC(=O)N/N=C/c3cccc([N+](=O)[O-])c3)o2)c(=O)c2cc(F)c(N3CCN(C)CC3)cc21. The number of aromatic nitrogens is 3. The van der Waals surface area contributed by atoms with Crippen LogP contribution in [0.4, 0.5) is 15.8 Å². The van der Waals surface area contributed by atoms with E-state index in [0.717, 1.165) is 24.9 Å². The fourth-order valence-electron chi connectivity index (χ4n) is 4.54. The van der Waals surface area contributed by atoms with Crippen LogP contribution in [0.3, 0.4) is 0 Å². The van der Waals surface area contributed by atoms with E-state index in [4.69, 9.17) is 4.42 Å². The first-order chi connectivity index (χ1) is 20.2. The van der Waals surface area contributed by atoms with E-state index in [-0.39, 0.29) is 33.5 Å². The molecule has 1 aliphatic heterocycles. The quantitative estimate of drug-likeness (QED) is 0.132. The second-order valence-electron chi connectivity index (χ2n) is 9.58. The van der Waals surface area contributed by atoms with Crippen molar-refractivity contribution in [3.8, 4) is 11.5 Å². The summed E-state index contributed by atoms with van der Waals surface area (Å²) in [7, 11) is 2.03. The van der Waals surface area contributed by atoms with Crippen LogP contribution in [0, 0.1) is 15.9 Å². The molecule has 1 saturated heterocycles. The summed E-state index contributed by atoms with van der Waals surface area (Å²) >= 11 is 0.943. The molecule has 3 heterocycles. The van der Waals surface area contributed by atoms with E-state index in [1.165, 1.54) is 30.5 Å². The van der Waals surface area contributed by atoms with E-state index in [1.54, 1.807) is 18.3 Å². The molecular formula is C27H27FN8O5S. The average molecular weight is 595 g/mol. The number of carbonyl (C=O) groups is 1. The van der Waals surface area contributed by atoms with Crippen LogP contribution in [0.25, 0.3) is 22.4 Å².